The molecule has 1 atom stereocenters. The number of nitriles is 1. The van der Waals surface area contributed by atoms with Gasteiger partial charge in [-0.15, -0.1) is 0 Å². The quantitative estimate of drug-likeness (QED) is 0.863. The average molecular weight is 276 g/mol. The molecule has 0 saturated heterocycles. The third-order valence-corrected chi connectivity index (χ3v) is 4.60. The molecule has 19 heavy (non-hydrogen) atoms. The highest BCUT2D eigenvalue weighted by atomic mass is 32.2. The Bertz CT molecular complexity index is 797. The number of nitrogens with one attached hydrogen (secondary N) is 1. The molecule has 0 fully saturated rings. The molecule has 0 spiro atoms. The Kier molecular flexibility index (Phi) is 3.16. The van der Waals surface area contributed by atoms with E-state index in [0.29, 0.717) is 16.5 Å². The van der Waals surface area contributed by atoms with Gasteiger partial charge in [-0.3, -0.25) is 4.79 Å². The number of rotatable bonds is 3. The van der Waals surface area contributed by atoms with E-state index >= 15 is 0 Å². The van der Waals surface area contributed by atoms with Gasteiger partial charge in [0, 0.05) is 28.9 Å². The zero-order valence-corrected chi connectivity index (χ0v) is 11.3. The number of carbonyl (C=O) groups excluding carboxylic acids is 1. The van der Waals surface area contributed by atoms with Crippen LogP contribution in [0.3, 0.4) is 0 Å². The SMILES string of the molecule is CC(C(=O)c1c[nH]c2cccc(C#N)c12)S(C)(=O)=O. The molecule has 98 valence electrons. The fraction of sp³-hybridized carbons (Fsp3) is 0.231. The maximum Gasteiger partial charge on any atom is 0.182 e. The van der Waals surface area contributed by atoms with Crippen molar-refractivity contribution in [3.8, 4) is 6.07 Å². The van der Waals surface area contributed by atoms with Gasteiger partial charge in [0.25, 0.3) is 0 Å². The molecule has 0 amide bonds. The Labute approximate surface area is 110 Å². The molecular weight excluding hydrogens is 264 g/mol. The summed E-state index contributed by atoms with van der Waals surface area (Å²) >= 11 is 0. The number of aromatic nitrogens is 1. The summed E-state index contributed by atoms with van der Waals surface area (Å²) in [6.07, 6.45) is 2.48. The number of sulfone groups is 1. The summed E-state index contributed by atoms with van der Waals surface area (Å²) in [5.74, 6) is -0.503. The minimum absolute atomic E-state index is 0.241. The summed E-state index contributed by atoms with van der Waals surface area (Å²) < 4.78 is 22.9. The molecule has 0 bridgehead atoms. The van der Waals surface area contributed by atoms with Crippen LogP contribution in [0, 0.1) is 11.3 Å². The number of aromatic amines is 1. The number of carbonyl (C=O) groups is 1. The number of ketones is 1. The van der Waals surface area contributed by atoms with Crippen LogP contribution >= 0.6 is 0 Å². The van der Waals surface area contributed by atoms with E-state index < -0.39 is 20.9 Å². The summed E-state index contributed by atoms with van der Waals surface area (Å²) in [6, 6.07) is 7.04. The first kappa shape index (κ1) is 13.3. The lowest BCUT2D eigenvalue weighted by Crippen LogP contribution is -2.26. The van der Waals surface area contributed by atoms with Gasteiger partial charge in [0.2, 0.25) is 0 Å². The molecule has 1 aromatic carbocycles. The number of nitrogens with zero attached hydrogens (tertiary/aromatic N) is 1. The standard InChI is InChI=1S/C13H12N2O3S/c1-8(19(2,17)18)13(16)10-7-15-11-5-3-4-9(6-14)12(10)11/h3-5,7-8,15H,1-2H3. The van der Waals surface area contributed by atoms with E-state index in [4.69, 9.17) is 5.26 Å². The number of Topliss-reactive ketones (excluding diaryl/α,β-unsaturated/α-hetero) is 1. The average Bonchev–Trinajstić information content (AvgIpc) is 2.79. The molecule has 6 heteroatoms. The van der Waals surface area contributed by atoms with E-state index in [1.165, 1.54) is 13.1 Å². The second kappa shape index (κ2) is 4.52. The normalized spacial score (nSPS) is 13.1. The van der Waals surface area contributed by atoms with Crippen molar-refractivity contribution in [3.63, 3.8) is 0 Å². The maximum atomic E-state index is 12.2. The number of hydrogen-bond donors (Lipinski definition) is 1. The highest BCUT2D eigenvalue weighted by molar-refractivity contribution is 7.92. The van der Waals surface area contributed by atoms with Gasteiger partial charge in [0.15, 0.2) is 15.6 Å². The molecule has 1 N–H and O–H groups in total. The van der Waals surface area contributed by atoms with Crippen molar-refractivity contribution in [2.45, 2.75) is 12.2 Å². The van der Waals surface area contributed by atoms with Crippen molar-refractivity contribution in [3.05, 3.63) is 35.5 Å². The van der Waals surface area contributed by atoms with Crippen LogP contribution in [-0.4, -0.2) is 30.7 Å². The molecule has 2 aromatic rings. The third kappa shape index (κ3) is 2.25. The van der Waals surface area contributed by atoms with E-state index in [2.05, 4.69) is 4.98 Å². The van der Waals surface area contributed by atoms with Gasteiger partial charge in [-0.1, -0.05) is 6.07 Å². The summed E-state index contributed by atoms with van der Waals surface area (Å²) in [6.45, 7) is 1.35. The van der Waals surface area contributed by atoms with Crippen molar-refractivity contribution >= 4 is 26.5 Å². The Morgan fingerprint density at radius 2 is 2.11 bits per heavy atom. The highest BCUT2D eigenvalue weighted by Gasteiger charge is 2.27. The molecule has 0 saturated carbocycles. The predicted octanol–water partition coefficient (Wildman–Crippen LogP) is 1.66. The first-order valence-corrected chi connectivity index (χ1v) is 7.55. The van der Waals surface area contributed by atoms with Gasteiger partial charge in [-0.05, 0) is 19.1 Å². The van der Waals surface area contributed by atoms with Gasteiger partial charge in [0.1, 0.15) is 5.25 Å². The Balaban J connectivity index is 2.65. The third-order valence-electron chi connectivity index (χ3n) is 3.10. The van der Waals surface area contributed by atoms with E-state index in [1.54, 1.807) is 18.2 Å². The predicted molar refractivity (Wildman–Crippen MR) is 71.7 cm³/mol. The van der Waals surface area contributed by atoms with Crippen molar-refractivity contribution in [1.29, 1.82) is 5.26 Å². The fourth-order valence-electron chi connectivity index (χ4n) is 1.89. The van der Waals surface area contributed by atoms with Crippen molar-refractivity contribution in [1.82, 2.24) is 4.98 Å². The topological polar surface area (TPSA) is 90.8 Å². The van der Waals surface area contributed by atoms with Crippen molar-refractivity contribution < 1.29 is 13.2 Å². The van der Waals surface area contributed by atoms with Crippen LogP contribution in [0.25, 0.3) is 10.9 Å². The molecule has 0 aliphatic rings. The fourth-order valence-corrected chi connectivity index (χ4v) is 2.40. The lowest BCUT2D eigenvalue weighted by atomic mass is 10.0. The van der Waals surface area contributed by atoms with Crippen LogP contribution < -0.4 is 0 Å². The van der Waals surface area contributed by atoms with Crippen molar-refractivity contribution in [2.24, 2.45) is 0 Å². The maximum absolute atomic E-state index is 12.2. The molecule has 0 aliphatic carbocycles. The molecule has 2 rings (SSSR count). The van der Waals surface area contributed by atoms with Crippen LogP contribution in [0.15, 0.2) is 24.4 Å². The van der Waals surface area contributed by atoms with Gasteiger partial charge >= 0.3 is 0 Å². The summed E-state index contributed by atoms with van der Waals surface area (Å²) in [5, 5.41) is 8.42. The lowest BCUT2D eigenvalue weighted by molar-refractivity contribution is 0.0993. The summed E-state index contributed by atoms with van der Waals surface area (Å²) in [4.78, 5) is 15.1. The van der Waals surface area contributed by atoms with Gasteiger partial charge < -0.3 is 4.98 Å². The molecule has 0 radical (unpaired) electrons. The zero-order chi connectivity index (χ0) is 14.2. The van der Waals surface area contributed by atoms with Crippen LogP contribution in [0.4, 0.5) is 0 Å². The molecule has 1 aromatic heterocycles. The van der Waals surface area contributed by atoms with E-state index in [9.17, 15) is 13.2 Å². The van der Waals surface area contributed by atoms with Crippen LogP contribution in [0.1, 0.15) is 22.8 Å². The first-order chi connectivity index (χ1) is 8.86. The zero-order valence-electron chi connectivity index (χ0n) is 10.5. The number of fused-ring (bicyclic) bond motifs is 1. The minimum Gasteiger partial charge on any atom is -0.360 e. The second-order valence-electron chi connectivity index (χ2n) is 4.38. The second-order valence-corrected chi connectivity index (χ2v) is 6.74. The van der Waals surface area contributed by atoms with Gasteiger partial charge in [-0.2, -0.15) is 5.26 Å². The number of H-pyrrole nitrogens is 1. The first-order valence-electron chi connectivity index (χ1n) is 5.59. The Morgan fingerprint density at radius 3 is 2.68 bits per heavy atom. The molecular formula is C13H12N2O3S. The van der Waals surface area contributed by atoms with Crippen LogP contribution in [0.2, 0.25) is 0 Å². The van der Waals surface area contributed by atoms with E-state index in [0.717, 1.165) is 6.26 Å². The van der Waals surface area contributed by atoms with E-state index in [-0.39, 0.29) is 5.56 Å². The monoisotopic (exact) mass is 276 g/mol. The van der Waals surface area contributed by atoms with Gasteiger partial charge in [-0.25, -0.2) is 8.42 Å². The van der Waals surface area contributed by atoms with Gasteiger partial charge in [0.05, 0.1) is 11.6 Å². The summed E-state index contributed by atoms with van der Waals surface area (Å²) in [5.41, 5.74) is 1.23. The van der Waals surface area contributed by atoms with Crippen molar-refractivity contribution in [2.75, 3.05) is 6.26 Å². The highest BCUT2D eigenvalue weighted by Crippen LogP contribution is 2.24. The minimum atomic E-state index is -3.46. The number of benzene rings is 1. The molecule has 5 nitrogen and oxygen atoms in total. The Morgan fingerprint density at radius 1 is 1.42 bits per heavy atom. The largest absolute Gasteiger partial charge is 0.360 e. The molecule has 1 unspecified atom stereocenters. The van der Waals surface area contributed by atoms with Crippen LogP contribution in [0.5, 0.6) is 0 Å². The molecule has 0 aliphatic heterocycles. The van der Waals surface area contributed by atoms with Crippen LogP contribution in [-0.2, 0) is 9.84 Å². The van der Waals surface area contributed by atoms with E-state index in [1.807, 2.05) is 6.07 Å². The lowest BCUT2D eigenvalue weighted by Gasteiger charge is -2.07. The smallest absolute Gasteiger partial charge is 0.182 e. The molecule has 1 heterocycles. The summed E-state index contributed by atoms with van der Waals surface area (Å²) in [7, 11) is -3.46. The number of hydrogen-bond acceptors (Lipinski definition) is 4. The Hall–Kier alpha value is -2.13.